The Morgan fingerprint density at radius 3 is 3.05 bits per heavy atom. The highest BCUT2D eigenvalue weighted by Crippen LogP contribution is 2.30. The first-order valence-corrected chi connectivity index (χ1v) is 7.86. The van der Waals surface area contributed by atoms with Crippen molar-refractivity contribution in [1.29, 1.82) is 0 Å². The zero-order chi connectivity index (χ0) is 13.9. The monoisotopic (exact) mass is 306 g/mol. The number of fused-ring (bicyclic) bond motifs is 1. The van der Waals surface area contributed by atoms with Crippen LogP contribution in [0.5, 0.6) is 5.88 Å². The van der Waals surface area contributed by atoms with Crippen LogP contribution in [0.15, 0.2) is 23.6 Å². The van der Waals surface area contributed by atoms with Gasteiger partial charge in [0.1, 0.15) is 4.83 Å². The molecule has 0 amide bonds. The summed E-state index contributed by atoms with van der Waals surface area (Å²) in [5.41, 5.74) is 2.48. The van der Waals surface area contributed by atoms with E-state index >= 15 is 0 Å². The summed E-state index contributed by atoms with van der Waals surface area (Å²) in [6.45, 7) is 2.63. The number of nitrogens with zero attached hydrogens (tertiary/aromatic N) is 2. The molecule has 20 heavy (non-hydrogen) atoms. The van der Waals surface area contributed by atoms with Crippen molar-refractivity contribution in [3.63, 3.8) is 0 Å². The molecule has 3 N–H and O–H groups in total. The molecule has 0 aliphatic rings. The second kappa shape index (κ2) is 5.74. The first-order chi connectivity index (χ1) is 9.76. The Labute approximate surface area is 124 Å². The van der Waals surface area contributed by atoms with Gasteiger partial charge in [-0.15, -0.1) is 22.7 Å². The Morgan fingerprint density at radius 1 is 1.40 bits per heavy atom. The highest BCUT2D eigenvalue weighted by atomic mass is 32.1. The number of nitrogens with two attached hydrogens (primary N) is 1. The highest BCUT2D eigenvalue weighted by molar-refractivity contribution is 7.18. The van der Waals surface area contributed by atoms with Crippen LogP contribution < -0.4 is 16.0 Å². The van der Waals surface area contributed by atoms with Crippen LogP contribution >= 0.6 is 22.7 Å². The lowest BCUT2D eigenvalue weighted by molar-refractivity contribution is 0.315. The van der Waals surface area contributed by atoms with Crippen molar-refractivity contribution >= 4 is 38.8 Å². The van der Waals surface area contributed by atoms with Crippen LogP contribution in [-0.2, 0) is 6.42 Å². The molecule has 0 saturated heterocycles. The van der Waals surface area contributed by atoms with Gasteiger partial charge in [-0.3, -0.25) is 5.43 Å². The largest absolute Gasteiger partial charge is 0.477 e. The predicted octanol–water partition coefficient (Wildman–Crippen LogP) is 2.97. The van der Waals surface area contributed by atoms with Gasteiger partial charge in [-0.05, 0) is 24.4 Å². The normalized spacial score (nSPS) is 10.9. The van der Waals surface area contributed by atoms with Crippen LogP contribution in [0, 0.1) is 6.92 Å². The Kier molecular flexibility index (Phi) is 3.81. The number of hydrazine groups is 1. The van der Waals surface area contributed by atoms with E-state index in [2.05, 4.69) is 26.8 Å². The number of rotatable bonds is 5. The van der Waals surface area contributed by atoms with Crippen LogP contribution in [0.1, 0.15) is 9.75 Å². The lowest BCUT2D eigenvalue weighted by Crippen LogP contribution is -2.11. The van der Waals surface area contributed by atoms with Gasteiger partial charge in [0.15, 0.2) is 0 Å². The first kappa shape index (κ1) is 13.3. The molecule has 3 aromatic heterocycles. The lowest BCUT2D eigenvalue weighted by Gasteiger charge is -2.07. The average Bonchev–Trinajstić information content (AvgIpc) is 3.06. The molecule has 104 valence electrons. The molecule has 0 aliphatic heterocycles. The molecule has 0 fully saturated rings. The van der Waals surface area contributed by atoms with Gasteiger partial charge in [0.2, 0.25) is 11.8 Å². The number of ether oxygens (including phenoxy) is 1. The smallest absolute Gasteiger partial charge is 0.241 e. The second-order valence-electron chi connectivity index (χ2n) is 4.25. The molecule has 3 heterocycles. The van der Waals surface area contributed by atoms with Gasteiger partial charge < -0.3 is 4.74 Å². The van der Waals surface area contributed by atoms with Gasteiger partial charge in [-0.1, -0.05) is 6.07 Å². The van der Waals surface area contributed by atoms with Gasteiger partial charge >= 0.3 is 0 Å². The fourth-order valence-electron chi connectivity index (χ4n) is 1.89. The van der Waals surface area contributed by atoms with Crippen molar-refractivity contribution in [1.82, 2.24) is 9.97 Å². The van der Waals surface area contributed by atoms with Crippen molar-refractivity contribution in [2.24, 2.45) is 5.84 Å². The maximum absolute atomic E-state index is 5.82. The van der Waals surface area contributed by atoms with Gasteiger partial charge in [-0.2, -0.15) is 4.98 Å². The summed E-state index contributed by atoms with van der Waals surface area (Å²) in [7, 11) is 0. The molecule has 0 aromatic carbocycles. The summed E-state index contributed by atoms with van der Waals surface area (Å²) in [5.74, 6) is 6.37. The van der Waals surface area contributed by atoms with E-state index in [4.69, 9.17) is 10.6 Å². The Morgan fingerprint density at radius 2 is 2.30 bits per heavy atom. The number of anilines is 1. The van der Waals surface area contributed by atoms with Crippen LogP contribution in [0.4, 0.5) is 5.95 Å². The maximum atomic E-state index is 5.82. The number of nitrogens with one attached hydrogen (secondary N) is 1. The predicted molar refractivity (Wildman–Crippen MR) is 83.5 cm³/mol. The summed E-state index contributed by atoms with van der Waals surface area (Å²) in [6.07, 6.45) is 0.873. The standard InChI is InChI=1S/C13H14N4OS2/c1-8-7-10-11(15-13(17-14)16-12(10)20-8)18-5-4-9-3-2-6-19-9/h2-3,6-7H,4-5,14H2,1H3,(H,15,16,17). The zero-order valence-electron chi connectivity index (χ0n) is 10.9. The molecule has 0 spiro atoms. The third-order valence-electron chi connectivity index (χ3n) is 2.78. The summed E-state index contributed by atoms with van der Waals surface area (Å²) >= 11 is 3.33. The van der Waals surface area contributed by atoms with E-state index in [-0.39, 0.29) is 0 Å². The Balaban J connectivity index is 1.81. The lowest BCUT2D eigenvalue weighted by atomic mass is 10.3. The minimum atomic E-state index is 0.380. The van der Waals surface area contributed by atoms with E-state index in [1.54, 1.807) is 22.7 Å². The van der Waals surface area contributed by atoms with Crippen LogP contribution in [0.25, 0.3) is 10.2 Å². The number of hydrogen-bond acceptors (Lipinski definition) is 7. The van der Waals surface area contributed by atoms with Crippen molar-refractivity contribution in [3.05, 3.63) is 33.3 Å². The van der Waals surface area contributed by atoms with Crippen molar-refractivity contribution < 1.29 is 4.74 Å². The molecule has 3 rings (SSSR count). The van der Waals surface area contributed by atoms with Crippen molar-refractivity contribution in [3.8, 4) is 5.88 Å². The van der Waals surface area contributed by atoms with E-state index in [1.807, 2.05) is 19.1 Å². The molecule has 0 bridgehead atoms. The summed E-state index contributed by atoms with van der Waals surface area (Å²) in [5, 5.41) is 3.01. The molecule has 0 unspecified atom stereocenters. The highest BCUT2D eigenvalue weighted by Gasteiger charge is 2.11. The van der Waals surface area contributed by atoms with Crippen molar-refractivity contribution in [2.75, 3.05) is 12.0 Å². The molecule has 5 nitrogen and oxygen atoms in total. The number of aryl methyl sites for hydroxylation is 1. The van der Waals surface area contributed by atoms with E-state index < -0.39 is 0 Å². The third kappa shape index (κ3) is 2.74. The molecule has 7 heteroatoms. The number of hydrogen-bond donors (Lipinski definition) is 2. The molecule has 0 aliphatic carbocycles. The fourth-order valence-corrected chi connectivity index (χ4v) is 3.45. The number of nitrogen functional groups attached to an aromatic ring is 1. The van der Waals surface area contributed by atoms with E-state index in [1.165, 1.54) is 9.75 Å². The summed E-state index contributed by atoms with van der Waals surface area (Å²) < 4.78 is 5.82. The van der Waals surface area contributed by atoms with E-state index in [0.717, 1.165) is 16.6 Å². The Hall–Kier alpha value is -1.70. The SMILES string of the molecule is Cc1cc2c(OCCc3cccs3)nc(NN)nc2s1. The minimum Gasteiger partial charge on any atom is -0.477 e. The fraction of sp³-hybridized carbons (Fsp3) is 0.231. The summed E-state index contributed by atoms with van der Waals surface area (Å²) in [6, 6.07) is 6.19. The minimum absolute atomic E-state index is 0.380. The zero-order valence-corrected chi connectivity index (χ0v) is 12.6. The van der Waals surface area contributed by atoms with E-state index in [0.29, 0.717) is 18.4 Å². The maximum Gasteiger partial charge on any atom is 0.241 e. The van der Waals surface area contributed by atoms with Crippen LogP contribution in [0.2, 0.25) is 0 Å². The average molecular weight is 306 g/mol. The molecule has 3 aromatic rings. The van der Waals surface area contributed by atoms with Gasteiger partial charge in [0.05, 0.1) is 12.0 Å². The molecule has 0 atom stereocenters. The first-order valence-electron chi connectivity index (χ1n) is 6.16. The summed E-state index contributed by atoms with van der Waals surface area (Å²) in [4.78, 5) is 12.0. The van der Waals surface area contributed by atoms with Gasteiger partial charge in [0, 0.05) is 16.2 Å². The number of thiophene rings is 2. The molecular weight excluding hydrogens is 292 g/mol. The third-order valence-corrected chi connectivity index (χ3v) is 4.66. The van der Waals surface area contributed by atoms with E-state index in [9.17, 15) is 0 Å². The van der Waals surface area contributed by atoms with Crippen LogP contribution in [0.3, 0.4) is 0 Å². The quantitative estimate of drug-likeness (QED) is 0.560. The molecule has 0 saturated carbocycles. The van der Waals surface area contributed by atoms with Gasteiger partial charge in [-0.25, -0.2) is 10.8 Å². The van der Waals surface area contributed by atoms with Gasteiger partial charge in [0.25, 0.3) is 0 Å². The molecular formula is C13H14N4OS2. The second-order valence-corrected chi connectivity index (χ2v) is 6.52. The molecule has 0 radical (unpaired) electrons. The van der Waals surface area contributed by atoms with Crippen molar-refractivity contribution in [2.45, 2.75) is 13.3 Å². The Bertz CT molecular complexity index is 709. The van der Waals surface area contributed by atoms with Crippen LogP contribution in [-0.4, -0.2) is 16.6 Å². The topological polar surface area (TPSA) is 73.1 Å². The number of aromatic nitrogens is 2.